The molecule has 1 aromatic heterocycles. The molecule has 0 atom stereocenters. The fourth-order valence-electron chi connectivity index (χ4n) is 1.83. The van der Waals surface area contributed by atoms with Crippen molar-refractivity contribution in [3.05, 3.63) is 59.9 Å². The van der Waals surface area contributed by atoms with Crippen LogP contribution in [0.3, 0.4) is 0 Å². The summed E-state index contributed by atoms with van der Waals surface area (Å²) in [7, 11) is 0. The fraction of sp³-hybridized carbons (Fsp3) is 0.125. The number of nitrogens with zero attached hydrogens (tertiary/aromatic N) is 1. The van der Waals surface area contributed by atoms with Gasteiger partial charge in [-0.05, 0) is 29.8 Å². The van der Waals surface area contributed by atoms with Gasteiger partial charge in [0.25, 0.3) is 5.91 Å². The van der Waals surface area contributed by atoms with Gasteiger partial charge < -0.3 is 5.32 Å². The summed E-state index contributed by atoms with van der Waals surface area (Å²) in [6.45, 7) is 1.42. The van der Waals surface area contributed by atoms with Gasteiger partial charge in [0.1, 0.15) is 0 Å². The van der Waals surface area contributed by atoms with Gasteiger partial charge >= 0.3 is 0 Å². The second-order valence-electron chi connectivity index (χ2n) is 4.80. The molecule has 2 rings (SSSR count). The van der Waals surface area contributed by atoms with Crippen molar-refractivity contribution in [1.29, 1.82) is 0 Å². The first-order valence-electron chi connectivity index (χ1n) is 6.90. The van der Waals surface area contributed by atoms with Crippen LogP contribution in [0.1, 0.15) is 22.8 Å². The third kappa shape index (κ3) is 5.24. The molecule has 2 aromatic rings. The van der Waals surface area contributed by atoms with Crippen molar-refractivity contribution >= 4 is 23.4 Å². The highest BCUT2D eigenvalue weighted by molar-refractivity contribution is 5.95. The van der Waals surface area contributed by atoms with Gasteiger partial charge in [-0.25, -0.2) is 0 Å². The van der Waals surface area contributed by atoms with Crippen LogP contribution in [0.2, 0.25) is 0 Å². The molecule has 0 aliphatic rings. The quantitative estimate of drug-likeness (QED) is 0.734. The van der Waals surface area contributed by atoms with Gasteiger partial charge in [0.05, 0.1) is 12.0 Å². The van der Waals surface area contributed by atoms with Crippen LogP contribution in [0.5, 0.6) is 0 Å². The van der Waals surface area contributed by atoms with Gasteiger partial charge in [0.2, 0.25) is 11.8 Å². The Morgan fingerprint density at radius 1 is 1.04 bits per heavy atom. The molecule has 0 saturated heterocycles. The van der Waals surface area contributed by atoms with Crippen LogP contribution in [-0.2, 0) is 16.0 Å². The highest BCUT2D eigenvalue weighted by Crippen LogP contribution is 2.09. The predicted octanol–water partition coefficient (Wildman–Crippen LogP) is 1.04. The van der Waals surface area contributed by atoms with Crippen molar-refractivity contribution in [3.8, 4) is 0 Å². The second kappa shape index (κ2) is 7.69. The van der Waals surface area contributed by atoms with Crippen molar-refractivity contribution in [2.45, 2.75) is 13.3 Å². The summed E-state index contributed by atoms with van der Waals surface area (Å²) in [5.41, 5.74) is 6.43. The summed E-state index contributed by atoms with van der Waals surface area (Å²) in [5.74, 6) is -0.949. The highest BCUT2D eigenvalue weighted by Gasteiger charge is 2.08. The number of hydrogen-bond donors (Lipinski definition) is 3. The molecular weight excluding hydrogens is 296 g/mol. The molecule has 7 heteroatoms. The average Bonchev–Trinajstić information content (AvgIpc) is 2.55. The highest BCUT2D eigenvalue weighted by atomic mass is 16.2. The van der Waals surface area contributed by atoms with E-state index in [0.29, 0.717) is 11.3 Å². The Balaban J connectivity index is 1.83. The Morgan fingerprint density at radius 3 is 2.39 bits per heavy atom. The summed E-state index contributed by atoms with van der Waals surface area (Å²) < 4.78 is 0. The van der Waals surface area contributed by atoms with E-state index >= 15 is 0 Å². The van der Waals surface area contributed by atoms with Crippen LogP contribution >= 0.6 is 0 Å². The lowest BCUT2D eigenvalue weighted by atomic mass is 10.1. The van der Waals surface area contributed by atoms with E-state index in [-0.39, 0.29) is 18.2 Å². The third-order valence-electron chi connectivity index (χ3n) is 2.88. The molecule has 23 heavy (non-hydrogen) atoms. The van der Waals surface area contributed by atoms with Crippen molar-refractivity contribution in [1.82, 2.24) is 15.8 Å². The molecule has 3 N–H and O–H groups in total. The number of hydrogen-bond acceptors (Lipinski definition) is 4. The molecule has 0 aliphatic heterocycles. The van der Waals surface area contributed by atoms with Crippen LogP contribution in [0.25, 0.3) is 0 Å². The van der Waals surface area contributed by atoms with E-state index in [4.69, 9.17) is 0 Å². The first-order valence-corrected chi connectivity index (χ1v) is 6.90. The van der Waals surface area contributed by atoms with Gasteiger partial charge in [-0.1, -0.05) is 12.1 Å². The zero-order valence-electron chi connectivity index (χ0n) is 12.5. The fourth-order valence-corrected chi connectivity index (χ4v) is 1.83. The summed E-state index contributed by atoms with van der Waals surface area (Å²) in [4.78, 5) is 38.3. The Kier molecular flexibility index (Phi) is 5.40. The number of carbonyl (C=O) groups excluding carboxylic acids is 3. The Bertz CT molecular complexity index is 699. The lowest BCUT2D eigenvalue weighted by Gasteiger charge is -2.08. The monoisotopic (exact) mass is 312 g/mol. The molecule has 0 saturated carbocycles. The van der Waals surface area contributed by atoms with E-state index in [1.54, 1.807) is 42.6 Å². The van der Waals surface area contributed by atoms with Crippen LogP contribution in [0, 0.1) is 0 Å². The summed E-state index contributed by atoms with van der Waals surface area (Å²) in [6, 6.07) is 10.1. The Morgan fingerprint density at radius 2 is 1.78 bits per heavy atom. The summed E-state index contributed by atoms with van der Waals surface area (Å²) in [6.07, 6.45) is 3.07. The van der Waals surface area contributed by atoms with E-state index in [1.807, 2.05) is 0 Å². The largest absolute Gasteiger partial charge is 0.326 e. The first-order chi connectivity index (χ1) is 11.0. The van der Waals surface area contributed by atoms with Gasteiger partial charge in [-0.3, -0.25) is 30.2 Å². The lowest BCUT2D eigenvalue weighted by molar-refractivity contribution is -0.121. The summed E-state index contributed by atoms with van der Waals surface area (Å²) >= 11 is 0. The maximum atomic E-state index is 11.8. The normalized spacial score (nSPS) is 9.78. The number of benzene rings is 1. The van der Waals surface area contributed by atoms with Gasteiger partial charge in [0.15, 0.2) is 0 Å². The standard InChI is InChI=1S/C16H16N4O3/c1-11(21)18-14-6-4-12(5-7-14)9-15(22)19-20-16(23)13-3-2-8-17-10-13/h2-8,10H,9H2,1H3,(H,18,21)(H,19,22)(H,20,23). The Hall–Kier alpha value is -3.22. The van der Waals surface area contributed by atoms with Crippen molar-refractivity contribution in [2.75, 3.05) is 5.32 Å². The number of amides is 3. The van der Waals surface area contributed by atoms with E-state index in [2.05, 4.69) is 21.2 Å². The molecular formula is C16H16N4O3. The third-order valence-corrected chi connectivity index (χ3v) is 2.88. The molecule has 7 nitrogen and oxygen atoms in total. The minimum Gasteiger partial charge on any atom is -0.326 e. The number of hydrazine groups is 1. The Labute approximate surface area is 133 Å². The maximum absolute atomic E-state index is 11.8. The van der Waals surface area contributed by atoms with E-state index in [9.17, 15) is 14.4 Å². The van der Waals surface area contributed by atoms with E-state index in [0.717, 1.165) is 5.56 Å². The van der Waals surface area contributed by atoms with E-state index < -0.39 is 5.91 Å². The number of aromatic nitrogens is 1. The zero-order chi connectivity index (χ0) is 16.7. The van der Waals surface area contributed by atoms with Gasteiger partial charge in [0, 0.05) is 25.0 Å². The smallest absolute Gasteiger partial charge is 0.271 e. The number of pyridine rings is 1. The first kappa shape index (κ1) is 16.2. The van der Waals surface area contributed by atoms with Crippen LogP contribution in [-0.4, -0.2) is 22.7 Å². The second-order valence-corrected chi connectivity index (χ2v) is 4.80. The van der Waals surface area contributed by atoms with E-state index in [1.165, 1.54) is 13.1 Å². The molecule has 3 amide bonds. The molecule has 1 aromatic carbocycles. The number of carbonyl (C=O) groups is 3. The molecule has 0 spiro atoms. The van der Waals surface area contributed by atoms with Crippen molar-refractivity contribution < 1.29 is 14.4 Å². The molecule has 0 unspecified atom stereocenters. The minimum absolute atomic E-state index is 0.105. The lowest BCUT2D eigenvalue weighted by Crippen LogP contribution is -2.42. The molecule has 1 heterocycles. The number of rotatable bonds is 4. The zero-order valence-corrected chi connectivity index (χ0v) is 12.5. The maximum Gasteiger partial charge on any atom is 0.271 e. The van der Waals surface area contributed by atoms with Crippen molar-refractivity contribution in [3.63, 3.8) is 0 Å². The van der Waals surface area contributed by atoms with Crippen LogP contribution < -0.4 is 16.2 Å². The molecule has 0 fully saturated rings. The van der Waals surface area contributed by atoms with Crippen molar-refractivity contribution in [2.24, 2.45) is 0 Å². The SMILES string of the molecule is CC(=O)Nc1ccc(CC(=O)NNC(=O)c2cccnc2)cc1. The van der Waals surface area contributed by atoms with Crippen LogP contribution in [0.4, 0.5) is 5.69 Å². The predicted molar refractivity (Wildman–Crippen MR) is 84.3 cm³/mol. The molecule has 118 valence electrons. The molecule has 0 aliphatic carbocycles. The topological polar surface area (TPSA) is 100 Å². The minimum atomic E-state index is -0.438. The molecule has 0 bridgehead atoms. The average molecular weight is 312 g/mol. The van der Waals surface area contributed by atoms with Gasteiger partial charge in [-0.15, -0.1) is 0 Å². The number of nitrogens with one attached hydrogen (secondary N) is 3. The molecule has 0 radical (unpaired) electrons. The number of anilines is 1. The summed E-state index contributed by atoms with van der Waals surface area (Å²) in [5, 5.41) is 2.64. The van der Waals surface area contributed by atoms with Crippen LogP contribution in [0.15, 0.2) is 48.8 Å². The van der Waals surface area contributed by atoms with Gasteiger partial charge in [-0.2, -0.15) is 0 Å².